The minimum atomic E-state index is -1.10. The van der Waals surface area contributed by atoms with E-state index in [2.05, 4.69) is 13.2 Å². The third-order valence-corrected chi connectivity index (χ3v) is 3.30. The molecule has 0 saturated carbocycles. The first-order chi connectivity index (χ1) is 10.1. The molecule has 0 aliphatic rings. The third kappa shape index (κ3) is 2.90. The van der Waals surface area contributed by atoms with E-state index in [1.165, 1.54) is 0 Å². The zero-order valence-electron chi connectivity index (χ0n) is 12.1. The van der Waals surface area contributed by atoms with Crippen molar-refractivity contribution in [1.29, 1.82) is 0 Å². The topological polar surface area (TPSA) is 51.5 Å². The number of nitrogens with zero attached hydrogens (tertiary/aromatic N) is 1. The van der Waals surface area contributed by atoms with Crippen molar-refractivity contribution in [2.45, 2.75) is 19.6 Å². The Morgan fingerprint density at radius 2 is 2.19 bits per heavy atom. The van der Waals surface area contributed by atoms with E-state index in [0.717, 1.165) is 10.9 Å². The molecule has 0 fully saturated rings. The maximum absolute atomic E-state index is 11.7. The van der Waals surface area contributed by atoms with Crippen LogP contribution in [0.5, 0.6) is 0 Å². The standard InChI is InChI=1S/C17H19NO3/c1-4-10-18-14-9-7-6-8-13(14)11-15(18)16(19)12(3)17(20)21-5-2/h4,6-9,11,16,19H,1,3,5,10H2,2H3. The molecule has 1 unspecified atom stereocenters. The van der Waals surface area contributed by atoms with Crippen molar-refractivity contribution >= 4 is 16.9 Å². The second-order valence-corrected chi connectivity index (χ2v) is 4.68. The van der Waals surface area contributed by atoms with Crippen LogP contribution in [0.25, 0.3) is 10.9 Å². The van der Waals surface area contributed by atoms with Crippen LogP contribution in [0, 0.1) is 0 Å². The highest BCUT2D eigenvalue weighted by Crippen LogP contribution is 2.28. The van der Waals surface area contributed by atoms with Crippen LogP contribution in [-0.4, -0.2) is 22.2 Å². The largest absolute Gasteiger partial charge is 0.463 e. The van der Waals surface area contributed by atoms with Gasteiger partial charge in [0.15, 0.2) is 0 Å². The van der Waals surface area contributed by atoms with E-state index >= 15 is 0 Å². The molecule has 1 N–H and O–H groups in total. The summed E-state index contributed by atoms with van der Waals surface area (Å²) in [5.41, 5.74) is 1.61. The molecule has 110 valence electrons. The quantitative estimate of drug-likeness (QED) is 0.504. The Morgan fingerprint density at radius 3 is 2.86 bits per heavy atom. The monoisotopic (exact) mass is 285 g/mol. The number of rotatable bonds is 6. The lowest BCUT2D eigenvalue weighted by Crippen LogP contribution is -2.16. The Labute approximate surface area is 124 Å². The fourth-order valence-corrected chi connectivity index (χ4v) is 2.31. The van der Waals surface area contributed by atoms with Crippen LogP contribution in [0.3, 0.4) is 0 Å². The number of aliphatic hydroxyl groups is 1. The van der Waals surface area contributed by atoms with E-state index in [0.29, 0.717) is 12.2 Å². The number of carbonyl (C=O) groups is 1. The lowest BCUT2D eigenvalue weighted by atomic mass is 10.1. The SMILES string of the molecule is C=CCn1c(C(O)C(=C)C(=O)OCC)cc2ccccc21. The molecule has 1 aromatic heterocycles. The van der Waals surface area contributed by atoms with Gasteiger partial charge in [-0.05, 0) is 24.4 Å². The van der Waals surface area contributed by atoms with Gasteiger partial charge in [-0.25, -0.2) is 4.79 Å². The summed E-state index contributed by atoms with van der Waals surface area (Å²) in [4.78, 5) is 11.7. The first-order valence-corrected chi connectivity index (χ1v) is 6.83. The predicted molar refractivity (Wildman–Crippen MR) is 82.9 cm³/mol. The summed E-state index contributed by atoms with van der Waals surface area (Å²) in [5, 5.41) is 11.4. The average Bonchev–Trinajstić information content (AvgIpc) is 2.85. The van der Waals surface area contributed by atoms with Crippen molar-refractivity contribution < 1.29 is 14.6 Å². The van der Waals surface area contributed by atoms with Gasteiger partial charge < -0.3 is 14.4 Å². The lowest BCUT2D eigenvalue weighted by molar-refractivity contribution is -0.139. The minimum absolute atomic E-state index is 0.0324. The van der Waals surface area contributed by atoms with E-state index < -0.39 is 12.1 Å². The molecule has 1 heterocycles. The molecule has 2 rings (SSSR count). The summed E-state index contributed by atoms with van der Waals surface area (Å²) >= 11 is 0. The smallest absolute Gasteiger partial charge is 0.336 e. The van der Waals surface area contributed by atoms with Gasteiger partial charge in [0.1, 0.15) is 6.10 Å². The third-order valence-electron chi connectivity index (χ3n) is 3.30. The second-order valence-electron chi connectivity index (χ2n) is 4.68. The van der Waals surface area contributed by atoms with Gasteiger partial charge in [-0.1, -0.05) is 30.9 Å². The normalized spacial score (nSPS) is 12.1. The summed E-state index contributed by atoms with van der Waals surface area (Å²) in [5.74, 6) is -0.583. The number of esters is 1. The van der Waals surface area contributed by atoms with Gasteiger partial charge in [0, 0.05) is 12.1 Å². The highest BCUT2D eigenvalue weighted by atomic mass is 16.5. The fraction of sp³-hybridized carbons (Fsp3) is 0.235. The number of benzene rings is 1. The number of carbonyl (C=O) groups excluding carboxylic acids is 1. The number of aromatic nitrogens is 1. The van der Waals surface area contributed by atoms with Crippen LogP contribution in [0.4, 0.5) is 0 Å². The predicted octanol–water partition coefficient (Wildman–Crippen LogP) is 2.98. The molecule has 2 aromatic rings. The van der Waals surface area contributed by atoms with Gasteiger partial charge in [0.05, 0.1) is 17.9 Å². The van der Waals surface area contributed by atoms with Crippen molar-refractivity contribution in [1.82, 2.24) is 4.57 Å². The van der Waals surface area contributed by atoms with Gasteiger partial charge >= 0.3 is 5.97 Å². The van der Waals surface area contributed by atoms with Crippen LogP contribution < -0.4 is 0 Å². The van der Waals surface area contributed by atoms with Gasteiger partial charge in [-0.15, -0.1) is 6.58 Å². The Bertz CT molecular complexity index is 684. The molecule has 1 atom stereocenters. The molecule has 0 spiro atoms. The zero-order valence-corrected chi connectivity index (χ0v) is 12.1. The van der Waals surface area contributed by atoms with Crippen molar-refractivity contribution in [3.63, 3.8) is 0 Å². The lowest BCUT2D eigenvalue weighted by Gasteiger charge is -2.15. The number of allylic oxidation sites excluding steroid dienone is 1. The minimum Gasteiger partial charge on any atom is -0.463 e. The van der Waals surface area contributed by atoms with Crippen LogP contribution in [0.1, 0.15) is 18.7 Å². The van der Waals surface area contributed by atoms with Gasteiger partial charge in [0.25, 0.3) is 0 Å². The first-order valence-electron chi connectivity index (χ1n) is 6.83. The summed E-state index contributed by atoms with van der Waals surface area (Å²) in [7, 11) is 0. The molecule has 21 heavy (non-hydrogen) atoms. The number of hydrogen-bond acceptors (Lipinski definition) is 3. The molecule has 4 nitrogen and oxygen atoms in total. The van der Waals surface area contributed by atoms with Crippen LogP contribution in [0.15, 0.2) is 55.1 Å². The van der Waals surface area contributed by atoms with E-state index in [1.807, 2.05) is 34.9 Å². The number of aliphatic hydroxyl groups excluding tert-OH is 1. The van der Waals surface area contributed by atoms with Crippen molar-refractivity contribution in [3.05, 3.63) is 60.8 Å². The zero-order chi connectivity index (χ0) is 15.4. The Hall–Kier alpha value is -2.33. The highest BCUT2D eigenvalue weighted by Gasteiger charge is 2.23. The van der Waals surface area contributed by atoms with Crippen LogP contribution in [-0.2, 0) is 16.1 Å². The van der Waals surface area contributed by atoms with E-state index in [1.54, 1.807) is 13.0 Å². The Morgan fingerprint density at radius 1 is 1.48 bits per heavy atom. The number of fused-ring (bicyclic) bond motifs is 1. The summed E-state index contributed by atoms with van der Waals surface area (Å²) < 4.78 is 6.81. The first kappa shape index (κ1) is 15.1. The summed E-state index contributed by atoms with van der Waals surface area (Å²) in [6.45, 7) is 9.90. The van der Waals surface area contributed by atoms with Gasteiger partial charge in [0.2, 0.25) is 0 Å². The molecular formula is C17H19NO3. The van der Waals surface area contributed by atoms with Crippen LogP contribution in [0.2, 0.25) is 0 Å². The molecule has 0 amide bonds. The van der Waals surface area contributed by atoms with Crippen molar-refractivity contribution in [2.75, 3.05) is 6.61 Å². The molecular weight excluding hydrogens is 266 g/mol. The Balaban J connectivity index is 2.44. The molecule has 0 radical (unpaired) electrons. The Kier molecular flexibility index (Phi) is 4.60. The van der Waals surface area contributed by atoms with Crippen molar-refractivity contribution in [3.8, 4) is 0 Å². The van der Waals surface area contributed by atoms with E-state index in [9.17, 15) is 9.90 Å². The number of ether oxygens (including phenoxy) is 1. The molecule has 1 aromatic carbocycles. The maximum atomic E-state index is 11.7. The number of hydrogen-bond donors (Lipinski definition) is 1. The molecule has 4 heteroatoms. The second kappa shape index (κ2) is 6.41. The number of para-hydroxylation sites is 1. The van der Waals surface area contributed by atoms with Gasteiger partial charge in [-0.3, -0.25) is 0 Å². The van der Waals surface area contributed by atoms with Gasteiger partial charge in [-0.2, -0.15) is 0 Å². The highest BCUT2D eigenvalue weighted by molar-refractivity contribution is 5.90. The van der Waals surface area contributed by atoms with Crippen LogP contribution >= 0.6 is 0 Å². The van der Waals surface area contributed by atoms with Crippen molar-refractivity contribution in [2.24, 2.45) is 0 Å². The molecule has 0 saturated heterocycles. The summed E-state index contributed by atoms with van der Waals surface area (Å²) in [6.07, 6.45) is 0.645. The fourth-order valence-electron chi connectivity index (χ4n) is 2.31. The average molecular weight is 285 g/mol. The molecule has 0 aliphatic carbocycles. The molecule has 0 aliphatic heterocycles. The summed E-state index contributed by atoms with van der Waals surface area (Å²) in [6, 6.07) is 9.63. The van der Waals surface area contributed by atoms with E-state index in [4.69, 9.17) is 4.74 Å². The molecule has 0 bridgehead atoms. The maximum Gasteiger partial charge on any atom is 0.336 e. The van der Waals surface area contributed by atoms with E-state index in [-0.39, 0.29) is 12.2 Å².